The summed E-state index contributed by atoms with van der Waals surface area (Å²) in [6, 6.07) is 7.57. The topological polar surface area (TPSA) is 61.4 Å². The molecule has 0 saturated carbocycles. The predicted octanol–water partition coefficient (Wildman–Crippen LogP) is 1.05. The van der Waals surface area contributed by atoms with E-state index in [9.17, 15) is 4.79 Å². The van der Waals surface area contributed by atoms with E-state index in [0.717, 1.165) is 25.2 Å². The van der Waals surface area contributed by atoms with E-state index in [1.165, 1.54) is 0 Å². The van der Waals surface area contributed by atoms with E-state index in [2.05, 4.69) is 17.6 Å². The number of piperazine rings is 1. The third-order valence-corrected chi connectivity index (χ3v) is 3.34. The fraction of sp³-hybridized carbons (Fsp3) is 0.462. The van der Waals surface area contributed by atoms with Gasteiger partial charge in [0.25, 0.3) is 0 Å². The van der Waals surface area contributed by atoms with Gasteiger partial charge in [0.1, 0.15) is 0 Å². The molecule has 4 nitrogen and oxygen atoms in total. The van der Waals surface area contributed by atoms with Crippen molar-refractivity contribution < 1.29 is 9.90 Å². The van der Waals surface area contributed by atoms with Crippen molar-refractivity contribution >= 4 is 5.97 Å². The molecule has 17 heavy (non-hydrogen) atoms. The summed E-state index contributed by atoms with van der Waals surface area (Å²) in [4.78, 5) is 10.9. The van der Waals surface area contributed by atoms with Crippen molar-refractivity contribution in [2.75, 3.05) is 19.6 Å². The van der Waals surface area contributed by atoms with Crippen molar-refractivity contribution in [1.29, 1.82) is 0 Å². The molecule has 2 atom stereocenters. The molecular weight excluding hydrogens is 216 g/mol. The lowest BCUT2D eigenvalue weighted by atomic mass is 9.91. The molecule has 0 bridgehead atoms. The molecule has 0 radical (unpaired) electrons. The second-order valence-corrected chi connectivity index (χ2v) is 4.48. The lowest BCUT2D eigenvalue weighted by Gasteiger charge is -2.30. The van der Waals surface area contributed by atoms with E-state index in [1.54, 1.807) is 12.1 Å². The first kappa shape index (κ1) is 12.1. The van der Waals surface area contributed by atoms with Crippen LogP contribution in [-0.2, 0) is 0 Å². The lowest BCUT2D eigenvalue weighted by Crippen LogP contribution is -2.50. The van der Waals surface area contributed by atoms with Gasteiger partial charge in [-0.05, 0) is 23.6 Å². The average molecular weight is 234 g/mol. The minimum absolute atomic E-state index is 0.307. The number of carboxylic acids is 1. The zero-order valence-corrected chi connectivity index (χ0v) is 9.94. The second kappa shape index (κ2) is 5.29. The molecule has 0 spiro atoms. The number of rotatable bonds is 3. The average Bonchev–Trinajstić information content (AvgIpc) is 2.39. The van der Waals surface area contributed by atoms with Gasteiger partial charge in [-0.3, -0.25) is 0 Å². The molecule has 4 heteroatoms. The summed E-state index contributed by atoms with van der Waals surface area (Å²) < 4.78 is 0. The Kier molecular flexibility index (Phi) is 3.76. The molecule has 1 aromatic carbocycles. The third kappa shape index (κ3) is 2.84. The Hall–Kier alpha value is -1.39. The zero-order chi connectivity index (χ0) is 12.3. The Morgan fingerprint density at radius 1 is 1.47 bits per heavy atom. The van der Waals surface area contributed by atoms with Crippen LogP contribution in [0.25, 0.3) is 0 Å². The third-order valence-electron chi connectivity index (χ3n) is 3.34. The summed E-state index contributed by atoms with van der Waals surface area (Å²) in [6.07, 6.45) is 0. The van der Waals surface area contributed by atoms with E-state index in [-0.39, 0.29) is 0 Å². The van der Waals surface area contributed by atoms with Crippen LogP contribution >= 0.6 is 0 Å². The summed E-state index contributed by atoms with van der Waals surface area (Å²) in [5.41, 5.74) is 1.43. The Bertz CT molecular complexity index is 400. The van der Waals surface area contributed by atoms with Gasteiger partial charge in [0.05, 0.1) is 5.56 Å². The van der Waals surface area contributed by atoms with Crippen molar-refractivity contribution in [2.45, 2.75) is 18.9 Å². The molecule has 2 unspecified atom stereocenters. The van der Waals surface area contributed by atoms with Crippen LogP contribution in [0.3, 0.4) is 0 Å². The van der Waals surface area contributed by atoms with E-state index in [4.69, 9.17) is 5.11 Å². The first-order valence-corrected chi connectivity index (χ1v) is 5.96. The van der Waals surface area contributed by atoms with Crippen molar-refractivity contribution in [1.82, 2.24) is 10.6 Å². The van der Waals surface area contributed by atoms with E-state index < -0.39 is 5.97 Å². The number of hydrogen-bond donors (Lipinski definition) is 3. The molecular formula is C13H18N2O2. The fourth-order valence-electron chi connectivity index (χ4n) is 2.22. The van der Waals surface area contributed by atoms with Crippen LogP contribution in [0.1, 0.15) is 28.8 Å². The monoisotopic (exact) mass is 234 g/mol. The number of hydrogen-bond acceptors (Lipinski definition) is 3. The number of benzene rings is 1. The zero-order valence-electron chi connectivity index (χ0n) is 9.94. The van der Waals surface area contributed by atoms with Crippen LogP contribution in [-0.4, -0.2) is 36.8 Å². The number of nitrogens with one attached hydrogen (secondary N) is 2. The molecule has 1 aliphatic rings. The molecule has 0 aromatic heterocycles. The summed E-state index contributed by atoms with van der Waals surface area (Å²) in [5.74, 6) is -0.559. The maximum Gasteiger partial charge on any atom is 0.335 e. The highest BCUT2D eigenvalue weighted by Crippen LogP contribution is 2.20. The molecule has 1 heterocycles. The van der Waals surface area contributed by atoms with Gasteiger partial charge >= 0.3 is 5.97 Å². The molecule has 1 aromatic rings. The number of carboxylic acid groups (broad SMARTS) is 1. The highest BCUT2D eigenvalue weighted by Gasteiger charge is 2.21. The van der Waals surface area contributed by atoms with Crippen molar-refractivity contribution in [3.05, 3.63) is 35.4 Å². The first-order chi connectivity index (χ1) is 8.18. The maximum atomic E-state index is 10.9. The van der Waals surface area contributed by atoms with Gasteiger partial charge in [-0.1, -0.05) is 19.1 Å². The number of aromatic carboxylic acids is 1. The summed E-state index contributed by atoms with van der Waals surface area (Å²) in [7, 11) is 0. The quantitative estimate of drug-likeness (QED) is 0.731. The lowest BCUT2D eigenvalue weighted by molar-refractivity contribution is 0.0696. The summed E-state index contributed by atoms with van der Waals surface area (Å²) >= 11 is 0. The highest BCUT2D eigenvalue weighted by molar-refractivity contribution is 5.87. The Balaban J connectivity index is 2.14. The Morgan fingerprint density at radius 3 is 2.94 bits per heavy atom. The fourth-order valence-corrected chi connectivity index (χ4v) is 2.22. The second-order valence-electron chi connectivity index (χ2n) is 4.48. The smallest absolute Gasteiger partial charge is 0.335 e. The molecule has 2 rings (SSSR count). The first-order valence-electron chi connectivity index (χ1n) is 5.96. The molecule has 1 fully saturated rings. The minimum Gasteiger partial charge on any atom is -0.478 e. The van der Waals surface area contributed by atoms with Gasteiger partial charge in [-0.2, -0.15) is 0 Å². The Morgan fingerprint density at radius 2 is 2.29 bits per heavy atom. The van der Waals surface area contributed by atoms with E-state index >= 15 is 0 Å². The van der Waals surface area contributed by atoms with E-state index in [1.807, 2.05) is 12.1 Å². The van der Waals surface area contributed by atoms with Gasteiger partial charge in [0, 0.05) is 25.7 Å². The van der Waals surface area contributed by atoms with Gasteiger partial charge in [0.2, 0.25) is 0 Å². The predicted molar refractivity (Wildman–Crippen MR) is 66.5 cm³/mol. The van der Waals surface area contributed by atoms with Gasteiger partial charge < -0.3 is 15.7 Å². The van der Waals surface area contributed by atoms with Gasteiger partial charge in [-0.25, -0.2) is 4.79 Å². The molecule has 92 valence electrons. The molecule has 1 saturated heterocycles. The largest absolute Gasteiger partial charge is 0.478 e. The van der Waals surface area contributed by atoms with Crippen LogP contribution < -0.4 is 10.6 Å². The molecule has 0 amide bonds. The van der Waals surface area contributed by atoms with Crippen LogP contribution in [0.4, 0.5) is 0 Å². The molecule has 1 aliphatic heterocycles. The maximum absolute atomic E-state index is 10.9. The van der Waals surface area contributed by atoms with Crippen LogP contribution in [0.15, 0.2) is 24.3 Å². The SMILES string of the molecule is CC(c1cccc(C(=O)O)c1)C1CNCCN1. The van der Waals surface area contributed by atoms with Crippen molar-refractivity contribution in [2.24, 2.45) is 0 Å². The minimum atomic E-state index is -0.867. The highest BCUT2D eigenvalue weighted by atomic mass is 16.4. The van der Waals surface area contributed by atoms with Gasteiger partial charge in [0.15, 0.2) is 0 Å². The van der Waals surface area contributed by atoms with Crippen LogP contribution in [0.5, 0.6) is 0 Å². The van der Waals surface area contributed by atoms with E-state index in [0.29, 0.717) is 17.5 Å². The number of carbonyl (C=O) groups is 1. The summed E-state index contributed by atoms with van der Waals surface area (Å²) in [5, 5.41) is 15.8. The van der Waals surface area contributed by atoms with Crippen LogP contribution in [0, 0.1) is 0 Å². The Labute approximate surface area is 101 Å². The molecule has 3 N–H and O–H groups in total. The normalized spacial score (nSPS) is 22.1. The van der Waals surface area contributed by atoms with Crippen LogP contribution in [0.2, 0.25) is 0 Å². The van der Waals surface area contributed by atoms with Crippen molar-refractivity contribution in [3.8, 4) is 0 Å². The summed E-state index contributed by atoms with van der Waals surface area (Å²) in [6.45, 7) is 5.02. The standard InChI is InChI=1S/C13H18N2O2/c1-9(12-8-14-5-6-15-12)10-3-2-4-11(7-10)13(16)17/h2-4,7,9,12,14-15H,5-6,8H2,1H3,(H,16,17). The van der Waals surface area contributed by atoms with Crippen molar-refractivity contribution in [3.63, 3.8) is 0 Å². The molecule has 0 aliphatic carbocycles. The van der Waals surface area contributed by atoms with Gasteiger partial charge in [-0.15, -0.1) is 0 Å².